The van der Waals surface area contributed by atoms with Crippen molar-refractivity contribution in [2.24, 2.45) is 5.92 Å². The number of aromatic nitrogens is 2. The molecule has 5 nitrogen and oxygen atoms in total. The lowest BCUT2D eigenvalue weighted by atomic mass is 10.0. The summed E-state index contributed by atoms with van der Waals surface area (Å²) in [5, 5.41) is 16.9. The summed E-state index contributed by atoms with van der Waals surface area (Å²) in [6, 6.07) is 7.35. The Bertz CT molecular complexity index is 665. The van der Waals surface area contributed by atoms with Crippen molar-refractivity contribution in [2.75, 3.05) is 0 Å². The predicted molar refractivity (Wildman–Crippen MR) is 93.7 cm³/mol. The second-order valence-electron chi connectivity index (χ2n) is 6.06. The maximum atomic E-state index is 11.3. The van der Waals surface area contributed by atoms with E-state index in [0.29, 0.717) is 18.9 Å². The van der Waals surface area contributed by atoms with Crippen LogP contribution < -0.4 is 5.32 Å². The van der Waals surface area contributed by atoms with Crippen LogP contribution in [0.5, 0.6) is 0 Å². The minimum atomic E-state index is -0.809. The zero-order valence-corrected chi connectivity index (χ0v) is 15.2. The Morgan fingerprint density at radius 3 is 2.57 bits per heavy atom. The molecule has 0 saturated heterocycles. The Morgan fingerprint density at radius 2 is 2.00 bits per heavy atom. The van der Waals surface area contributed by atoms with E-state index in [4.69, 9.17) is 0 Å². The van der Waals surface area contributed by atoms with Gasteiger partial charge >= 0.3 is 5.97 Å². The van der Waals surface area contributed by atoms with Gasteiger partial charge < -0.3 is 10.4 Å². The number of carbonyl (C=O) groups is 1. The van der Waals surface area contributed by atoms with Gasteiger partial charge in [-0.05, 0) is 43.5 Å². The molecule has 0 aliphatic rings. The number of benzene rings is 1. The quantitative estimate of drug-likeness (QED) is 0.771. The number of nitrogens with one attached hydrogen (secondary N) is 1. The second kappa shape index (κ2) is 7.75. The van der Waals surface area contributed by atoms with Crippen molar-refractivity contribution in [3.8, 4) is 5.69 Å². The summed E-state index contributed by atoms with van der Waals surface area (Å²) in [4.78, 5) is 11.3. The monoisotopic (exact) mass is 379 g/mol. The molecule has 2 aromatic rings. The molecule has 0 amide bonds. The van der Waals surface area contributed by atoms with Gasteiger partial charge in [0.15, 0.2) is 0 Å². The molecule has 0 radical (unpaired) electrons. The van der Waals surface area contributed by atoms with Crippen LogP contribution in [-0.4, -0.2) is 26.9 Å². The molecule has 2 N–H and O–H groups in total. The van der Waals surface area contributed by atoms with Gasteiger partial charge in [-0.15, -0.1) is 0 Å². The van der Waals surface area contributed by atoms with Crippen LogP contribution in [0.1, 0.15) is 31.5 Å². The van der Waals surface area contributed by atoms with E-state index in [1.807, 2.05) is 55.9 Å². The largest absolute Gasteiger partial charge is 0.480 e. The first-order valence-corrected chi connectivity index (χ1v) is 8.43. The van der Waals surface area contributed by atoms with Crippen LogP contribution in [0.25, 0.3) is 5.69 Å². The fraction of sp³-hybridized carbons (Fsp3) is 0.412. The van der Waals surface area contributed by atoms with E-state index in [1.165, 1.54) is 0 Å². The molecule has 0 saturated carbocycles. The predicted octanol–water partition coefficient (Wildman–Crippen LogP) is 3.53. The lowest BCUT2D eigenvalue weighted by Gasteiger charge is -2.16. The maximum Gasteiger partial charge on any atom is 0.320 e. The van der Waals surface area contributed by atoms with Gasteiger partial charge in [-0.2, -0.15) is 5.10 Å². The Hall–Kier alpha value is -1.66. The van der Waals surface area contributed by atoms with E-state index >= 15 is 0 Å². The standard InChI is InChI=1S/C17H22BrN3O2/c1-11(2)8-16(17(22)23)19-9-13-10-21(20-12(13)3)15-6-4-14(18)5-7-15/h4-7,10-11,16,19H,8-9H2,1-3H3,(H,22,23)/t16-/m1/s1. The zero-order valence-electron chi connectivity index (χ0n) is 13.6. The summed E-state index contributed by atoms with van der Waals surface area (Å²) in [5.41, 5.74) is 2.87. The molecule has 0 aliphatic heterocycles. The van der Waals surface area contributed by atoms with Gasteiger partial charge in [0.2, 0.25) is 0 Å². The highest BCUT2D eigenvalue weighted by molar-refractivity contribution is 9.10. The van der Waals surface area contributed by atoms with Gasteiger partial charge in [0.25, 0.3) is 0 Å². The first-order chi connectivity index (χ1) is 10.9. The molecule has 2 rings (SSSR count). The molecular formula is C17H22BrN3O2. The molecule has 23 heavy (non-hydrogen) atoms. The average molecular weight is 380 g/mol. The van der Waals surface area contributed by atoms with Crippen molar-refractivity contribution in [1.29, 1.82) is 0 Å². The number of aliphatic carboxylic acids is 1. The van der Waals surface area contributed by atoms with E-state index < -0.39 is 12.0 Å². The van der Waals surface area contributed by atoms with Crippen LogP contribution >= 0.6 is 15.9 Å². The van der Waals surface area contributed by atoms with Gasteiger partial charge in [-0.25, -0.2) is 4.68 Å². The van der Waals surface area contributed by atoms with E-state index in [2.05, 4.69) is 26.3 Å². The molecule has 0 bridgehead atoms. The van der Waals surface area contributed by atoms with Crippen LogP contribution in [0.15, 0.2) is 34.9 Å². The molecule has 0 fully saturated rings. The lowest BCUT2D eigenvalue weighted by molar-refractivity contribution is -0.140. The summed E-state index contributed by atoms with van der Waals surface area (Å²) in [5.74, 6) is -0.480. The van der Waals surface area contributed by atoms with Crippen LogP contribution in [0.3, 0.4) is 0 Å². The highest BCUT2D eigenvalue weighted by atomic mass is 79.9. The Morgan fingerprint density at radius 1 is 1.35 bits per heavy atom. The van der Waals surface area contributed by atoms with Crippen molar-refractivity contribution in [2.45, 2.75) is 39.8 Å². The third-order valence-corrected chi connectivity index (χ3v) is 4.16. The Kier molecular flexibility index (Phi) is 5.96. The van der Waals surface area contributed by atoms with E-state index in [1.54, 1.807) is 0 Å². The van der Waals surface area contributed by atoms with Crippen molar-refractivity contribution >= 4 is 21.9 Å². The molecule has 1 aromatic heterocycles. The highest BCUT2D eigenvalue weighted by Gasteiger charge is 2.19. The number of hydrogen-bond acceptors (Lipinski definition) is 3. The first kappa shape index (κ1) is 17.7. The van der Waals surface area contributed by atoms with E-state index in [0.717, 1.165) is 21.4 Å². The number of aryl methyl sites for hydroxylation is 1. The smallest absolute Gasteiger partial charge is 0.320 e. The Balaban J connectivity index is 2.09. The molecule has 0 spiro atoms. The van der Waals surface area contributed by atoms with E-state index in [9.17, 15) is 9.90 Å². The number of hydrogen-bond donors (Lipinski definition) is 2. The van der Waals surface area contributed by atoms with Gasteiger partial charge in [-0.1, -0.05) is 29.8 Å². The van der Waals surface area contributed by atoms with Crippen LogP contribution in [0.4, 0.5) is 0 Å². The first-order valence-electron chi connectivity index (χ1n) is 7.64. The minimum absolute atomic E-state index is 0.329. The van der Waals surface area contributed by atoms with Crippen LogP contribution in [0, 0.1) is 12.8 Å². The van der Waals surface area contributed by atoms with Crippen molar-refractivity contribution in [3.05, 3.63) is 46.2 Å². The summed E-state index contributed by atoms with van der Waals surface area (Å²) in [7, 11) is 0. The fourth-order valence-corrected chi connectivity index (χ4v) is 2.64. The molecule has 1 heterocycles. The van der Waals surface area contributed by atoms with Gasteiger partial charge in [0.05, 0.1) is 11.4 Å². The highest BCUT2D eigenvalue weighted by Crippen LogP contribution is 2.16. The zero-order chi connectivity index (χ0) is 17.0. The summed E-state index contributed by atoms with van der Waals surface area (Å²) < 4.78 is 2.83. The topological polar surface area (TPSA) is 67.2 Å². The van der Waals surface area contributed by atoms with Crippen molar-refractivity contribution in [3.63, 3.8) is 0 Å². The van der Waals surface area contributed by atoms with Crippen molar-refractivity contribution < 1.29 is 9.90 Å². The van der Waals surface area contributed by atoms with Gasteiger partial charge in [-0.3, -0.25) is 4.79 Å². The molecule has 0 unspecified atom stereocenters. The number of nitrogens with zero attached hydrogens (tertiary/aromatic N) is 2. The normalized spacial score (nSPS) is 12.6. The second-order valence-corrected chi connectivity index (χ2v) is 6.98. The number of carboxylic acids is 1. The summed E-state index contributed by atoms with van der Waals surface area (Å²) >= 11 is 3.42. The lowest BCUT2D eigenvalue weighted by Crippen LogP contribution is -2.37. The molecule has 0 aliphatic carbocycles. The molecule has 1 aromatic carbocycles. The summed E-state index contributed by atoms with van der Waals surface area (Å²) in [6.07, 6.45) is 2.55. The number of carboxylic acid groups (broad SMARTS) is 1. The third kappa shape index (κ3) is 4.91. The molecule has 1 atom stereocenters. The van der Waals surface area contributed by atoms with Crippen molar-refractivity contribution in [1.82, 2.24) is 15.1 Å². The molecular weight excluding hydrogens is 358 g/mol. The minimum Gasteiger partial charge on any atom is -0.480 e. The van der Waals surface area contributed by atoms with Gasteiger partial charge in [0.1, 0.15) is 6.04 Å². The average Bonchev–Trinajstić information content (AvgIpc) is 2.85. The number of rotatable bonds is 7. The Labute approximate surface area is 144 Å². The molecule has 124 valence electrons. The SMILES string of the molecule is Cc1nn(-c2ccc(Br)cc2)cc1CN[C@H](CC(C)C)C(=O)O. The maximum absolute atomic E-state index is 11.3. The molecule has 6 heteroatoms. The van der Waals surface area contributed by atoms with Crippen LogP contribution in [-0.2, 0) is 11.3 Å². The van der Waals surface area contributed by atoms with Crippen LogP contribution in [0.2, 0.25) is 0 Å². The summed E-state index contributed by atoms with van der Waals surface area (Å²) in [6.45, 7) is 6.47. The van der Waals surface area contributed by atoms with Gasteiger partial charge in [0, 0.05) is 22.8 Å². The number of halogens is 1. The fourth-order valence-electron chi connectivity index (χ4n) is 2.37. The third-order valence-electron chi connectivity index (χ3n) is 3.64. The van der Waals surface area contributed by atoms with E-state index in [-0.39, 0.29) is 0 Å².